The van der Waals surface area contributed by atoms with Crippen molar-refractivity contribution < 1.29 is 8.76 Å². The molecule has 3 nitrogen and oxygen atoms in total. The lowest BCUT2D eigenvalue weighted by atomic mass is 9.79. The first-order valence-electron chi connectivity index (χ1n) is 9.32. The topological polar surface area (TPSA) is 49.3 Å². The number of hydrogen-bond donors (Lipinski definition) is 2. The van der Waals surface area contributed by atoms with Gasteiger partial charge in [-0.2, -0.15) is 0 Å². The Kier molecular flexibility index (Phi) is 14.7. The summed E-state index contributed by atoms with van der Waals surface area (Å²) in [6.07, 6.45) is 10.9. The van der Waals surface area contributed by atoms with Gasteiger partial charge in [-0.25, -0.2) is 4.21 Å². The molecule has 0 aliphatic rings. The van der Waals surface area contributed by atoms with E-state index in [0.29, 0.717) is 11.8 Å². The Bertz CT molecular complexity index is 272. The molecule has 4 heteroatoms. The van der Waals surface area contributed by atoms with E-state index in [9.17, 15) is 4.21 Å². The second-order valence-electron chi connectivity index (χ2n) is 6.87. The van der Waals surface area contributed by atoms with Gasteiger partial charge in [-0.1, -0.05) is 59.8 Å². The molecule has 3 unspecified atom stereocenters. The van der Waals surface area contributed by atoms with Crippen molar-refractivity contribution >= 4 is 11.1 Å². The molecule has 0 aromatic rings. The molecule has 0 aliphatic heterocycles. The predicted molar refractivity (Wildman–Crippen MR) is 98.7 cm³/mol. The summed E-state index contributed by atoms with van der Waals surface area (Å²) in [7, 11) is 0. The third-order valence-corrected chi connectivity index (χ3v) is 5.09. The van der Waals surface area contributed by atoms with Gasteiger partial charge in [0.1, 0.15) is 0 Å². The Labute approximate surface area is 141 Å². The molecule has 0 fully saturated rings. The van der Waals surface area contributed by atoms with Crippen LogP contribution in [0.3, 0.4) is 0 Å². The number of hydrogen-bond acceptors (Lipinski definition) is 2. The Hall–Kier alpha value is 0.0700. The van der Waals surface area contributed by atoms with Crippen molar-refractivity contribution in [2.24, 2.45) is 11.8 Å². The van der Waals surface area contributed by atoms with Gasteiger partial charge >= 0.3 is 0 Å². The van der Waals surface area contributed by atoms with E-state index < -0.39 is 11.1 Å². The third-order valence-electron chi connectivity index (χ3n) is 4.45. The van der Waals surface area contributed by atoms with Crippen LogP contribution in [0.25, 0.3) is 0 Å². The second kappa shape index (κ2) is 14.6. The van der Waals surface area contributed by atoms with E-state index in [1.807, 2.05) is 0 Å². The SMILES string of the molecule is CCCCC(CCCS(=O)O)C(CCC)CCCNC(C)C. The molecule has 0 bridgehead atoms. The minimum atomic E-state index is -1.63. The summed E-state index contributed by atoms with van der Waals surface area (Å²) in [5.41, 5.74) is 0. The summed E-state index contributed by atoms with van der Waals surface area (Å²) in [6.45, 7) is 10.0. The lowest BCUT2D eigenvalue weighted by Crippen LogP contribution is -2.25. The van der Waals surface area contributed by atoms with Gasteiger partial charge in [-0.3, -0.25) is 0 Å². The van der Waals surface area contributed by atoms with E-state index in [0.717, 1.165) is 31.2 Å². The van der Waals surface area contributed by atoms with Crippen molar-refractivity contribution in [2.45, 2.75) is 91.5 Å². The van der Waals surface area contributed by atoms with Crippen molar-refractivity contribution in [3.05, 3.63) is 0 Å². The highest BCUT2D eigenvalue weighted by Crippen LogP contribution is 2.31. The standard InChI is InChI=1S/C18H39NO2S/c1-5-7-11-18(13-9-15-22(20)21)17(10-6-2)12-8-14-19-16(3)4/h16-19H,5-15H2,1-4H3,(H,20,21). The number of rotatable bonds is 15. The van der Waals surface area contributed by atoms with Crippen LogP contribution >= 0.6 is 0 Å². The summed E-state index contributed by atoms with van der Waals surface area (Å²) in [6, 6.07) is 0.569. The van der Waals surface area contributed by atoms with Gasteiger partial charge in [-0.15, -0.1) is 0 Å². The Balaban J connectivity index is 4.35. The van der Waals surface area contributed by atoms with Crippen LogP contribution in [0.15, 0.2) is 0 Å². The van der Waals surface area contributed by atoms with Crippen LogP contribution < -0.4 is 5.32 Å². The monoisotopic (exact) mass is 333 g/mol. The highest BCUT2D eigenvalue weighted by Gasteiger charge is 2.20. The van der Waals surface area contributed by atoms with Crippen LogP contribution in [-0.4, -0.2) is 27.1 Å². The predicted octanol–water partition coefficient (Wildman–Crippen LogP) is 4.99. The highest BCUT2D eigenvalue weighted by atomic mass is 32.2. The first-order valence-corrected chi connectivity index (χ1v) is 10.6. The maximum Gasteiger partial charge on any atom is 0.152 e. The van der Waals surface area contributed by atoms with Gasteiger partial charge in [0, 0.05) is 11.8 Å². The van der Waals surface area contributed by atoms with Gasteiger partial charge in [0.25, 0.3) is 0 Å². The van der Waals surface area contributed by atoms with E-state index >= 15 is 0 Å². The maximum atomic E-state index is 10.9. The van der Waals surface area contributed by atoms with Gasteiger partial charge < -0.3 is 9.87 Å². The summed E-state index contributed by atoms with van der Waals surface area (Å²) in [5, 5.41) is 3.51. The van der Waals surface area contributed by atoms with E-state index in [4.69, 9.17) is 4.55 Å². The molecule has 134 valence electrons. The van der Waals surface area contributed by atoms with Crippen LogP contribution in [0.1, 0.15) is 85.5 Å². The van der Waals surface area contributed by atoms with Crippen LogP contribution in [0, 0.1) is 11.8 Å². The van der Waals surface area contributed by atoms with Crippen molar-refractivity contribution in [1.82, 2.24) is 5.32 Å². The molecule has 0 saturated carbocycles. The first-order chi connectivity index (χ1) is 10.5. The molecule has 0 rings (SSSR count). The lowest BCUT2D eigenvalue weighted by molar-refractivity contribution is 0.248. The summed E-state index contributed by atoms with van der Waals surface area (Å²) < 4.78 is 19.8. The fraction of sp³-hybridized carbons (Fsp3) is 1.00. The van der Waals surface area contributed by atoms with Crippen molar-refractivity contribution in [3.8, 4) is 0 Å². The molecular formula is C18H39NO2S. The number of unbranched alkanes of at least 4 members (excludes halogenated alkanes) is 1. The number of nitrogens with one attached hydrogen (secondary N) is 1. The smallest absolute Gasteiger partial charge is 0.152 e. The van der Waals surface area contributed by atoms with Gasteiger partial charge in [-0.05, 0) is 44.1 Å². The molecule has 0 aromatic carbocycles. The van der Waals surface area contributed by atoms with E-state index in [1.165, 1.54) is 44.9 Å². The summed E-state index contributed by atoms with van der Waals surface area (Å²) in [4.78, 5) is 0. The van der Waals surface area contributed by atoms with Crippen LogP contribution in [0.2, 0.25) is 0 Å². The molecular weight excluding hydrogens is 294 g/mol. The van der Waals surface area contributed by atoms with Gasteiger partial charge in [0.05, 0.1) is 0 Å². The highest BCUT2D eigenvalue weighted by molar-refractivity contribution is 7.79. The summed E-state index contributed by atoms with van der Waals surface area (Å²) >= 11 is -1.63. The zero-order valence-electron chi connectivity index (χ0n) is 15.3. The maximum absolute atomic E-state index is 10.9. The van der Waals surface area contributed by atoms with Crippen LogP contribution in [0.5, 0.6) is 0 Å². The summed E-state index contributed by atoms with van der Waals surface area (Å²) in [5.74, 6) is 1.97. The zero-order valence-corrected chi connectivity index (χ0v) is 16.1. The Morgan fingerprint density at radius 2 is 1.50 bits per heavy atom. The lowest BCUT2D eigenvalue weighted by Gasteiger charge is -2.27. The normalized spacial score (nSPS) is 15.9. The van der Waals surface area contributed by atoms with Gasteiger partial charge in [0.15, 0.2) is 11.1 Å². The van der Waals surface area contributed by atoms with Crippen molar-refractivity contribution in [1.29, 1.82) is 0 Å². The average molecular weight is 334 g/mol. The van der Waals surface area contributed by atoms with E-state index in [-0.39, 0.29) is 0 Å². The fourth-order valence-corrected chi connectivity index (χ4v) is 3.71. The minimum absolute atomic E-state index is 0.441. The quantitative estimate of drug-likeness (QED) is 0.328. The molecule has 2 N–H and O–H groups in total. The van der Waals surface area contributed by atoms with E-state index in [1.54, 1.807) is 0 Å². The average Bonchev–Trinajstić information content (AvgIpc) is 2.45. The molecule has 0 amide bonds. The van der Waals surface area contributed by atoms with E-state index in [2.05, 4.69) is 33.0 Å². The van der Waals surface area contributed by atoms with Crippen LogP contribution in [0.4, 0.5) is 0 Å². The Morgan fingerprint density at radius 1 is 0.909 bits per heavy atom. The van der Waals surface area contributed by atoms with Crippen molar-refractivity contribution in [2.75, 3.05) is 12.3 Å². The third kappa shape index (κ3) is 12.6. The Morgan fingerprint density at radius 3 is 2.05 bits per heavy atom. The largest absolute Gasteiger partial charge is 0.315 e. The molecule has 3 atom stereocenters. The molecule has 0 heterocycles. The fourth-order valence-electron chi connectivity index (χ4n) is 3.29. The minimum Gasteiger partial charge on any atom is -0.315 e. The molecule has 0 spiro atoms. The molecule has 0 radical (unpaired) electrons. The zero-order chi connectivity index (χ0) is 16.8. The molecule has 22 heavy (non-hydrogen) atoms. The molecule has 0 aliphatic carbocycles. The molecule has 0 saturated heterocycles. The van der Waals surface area contributed by atoms with Gasteiger partial charge in [0.2, 0.25) is 0 Å². The first kappa shape index (κ1) is 22.1. The second-order valence-corrected chi connectivity index (χ2v) is 7.92. The van der Waals surface area contributed by atoms with Crippen LogP contribution in [-0.2, 0) is 11.1 Å². The molecule has 0 aromatic heterocycles. The van der Waals surface area contributed by atoms with Crippen molar-refractivity contribution in [3.63, 3.8) is 0 Å².